The minimum Gasteiger partial charge on any atom is -0.360 e. The summed E-state index contributed by atoms with van der Waals surface area (Å²) in [5.74, 6) is 0.754. The van der Waals surface area contributed by atoms with Crippen LogP contribution in [0.5, 0.6) is 0 Å². The number of hydrogen-bond acceptors (Lipinski definition) is 4. The van der Waals surface area contributed by atoms with Crippen LogP contribution in [0.3, 0.4) is 0 Å². The number of halogens is 1. The van der Waals surface area contributed by atoms with E-state index in [1.807, 2.05) is 12.1 Å². The van der Waals surface area contributed by atoms with Crippen LogP contribution in [0.4, 0.5) is 16.3 Å². The second-order valence-electron chi connectivity index (χ2n) is 5.61. The molecule has 1 aliphatic rings. The monoisotopic (exact) mass is 348 g/mol. The Morgan fingerprint density at radius 1 is 1.46 bits per heavy atom. The molecule has 2 heterocycles. The lowest BCUT2D eigenvalue weighted by Crippen LogP contribution is -2.44. The molecule has 3 rings (SSSR count). The number of rotatable bonds is 3. The Morgan fingerprint density at radius 3 is 2.88 bits per heavy atom. The molecule has 2 aromatic rings. The van der Waals surface area contributed by atoms with E-state index in [2.05, 4.69) is 10.5 Å². The predicted molar refractivity (Wildman–Crippen MR) is 90.2 cm³/mol. The zero-order chi connectivity index (χ0) is 17.3. The van der Waals surface area contributed by atoms with Crippen molar-refractivity contribution in [2.24, 2.45) is 0 Å². The first kappa shape index (κ1) is 16.3. The highest BCUT2D eigenvalue weighted by atomic mass is 35.5. The average molecular weight is 349 g/mol. The first-order valence-electron chi connectivity index (χ1n) is 7.50. The molecule has 0 spiro atoms. The molecule has 1 saturated heterocycles. The normalized spacial score (nSPS) is 17.2. The van der Waals surface area contributed by atoms with Gasteiger partial charge in [-0.1, -0.05) is 28.9 Å². The average Bonchev–Trinajstić information content (AvgIpc) is 3.13. The van der Waals surface area contributed by atoms with Crippen molar-refractivity contribution in [3.8, 4) is 0 Å². The number of urea groups is 1. The van der Waals surface area contributed by atoms with Gasteiger partial charge in [-0.3, -0.25) is 10.1 Å². The Morgan fingerprint density at radius 2 is 2.21 bits per heavy atom. The van der Waals surface area contributed by atoms with Gasteiger partial charge in [0.05, 0.1) is 10.7 Å². The first-order chi connectivity index (χ1) is 11.5. The lowest BCUT2D eigenvalue weighted by Gasteiger charge is -2.24. The van der Waals surface area contributed by atoms with Gasteiger partial charge in [0.1, 0.15) is 11.8 Å². The number of carbonyl (C=O) groups is 2. The number of aryl methyl sites for hydroxylation is 1. The van der Waals surface area contributed by atoms with Gasteiger partial charge >= 0.3 is 6.03 Å². The molecule has 0 radical (unpaired) electrons. The van der Waals surface area contributed by atoms with Gasteiger partial charge in [-0.05, 0) is 25.5 Å². The van der Waals surface area contributed by atoms with Crippen LogP contribution in [0.1, 0.15) is 12.2 Å². The highest BCUT2D eigenvalue weighted by Crippen LogP contribution is 2.30. The third-order valence-electron chi connectivity index (χ3n) is 3.97. The molecule has 0 saturated carbocycles. The lowest BCUT2D eigenvalue weighted by molar-refractivity contribution is -0.120. The maximum absolute atomic E-state index is 12.7. The Labute approximate surface area is 144 Å². The minimum absolute atomic E-state index is 0.155. The Bertz CT molecular complexity index is 776. The van der Waals surface area contributed by atoms with E-state index in [9.17, 15) is 9.59 Å². The molecule has 1 unspecified atom stereocenters. The van der Waals surface area contributed by atoms with Crippen molar-refractivity contribution in [3.05, 3.63) is 41.1 Å². The summed E-state index contributed by atoms with van der Waals surface area (Å²) in [4.78, 5) is 28.0. The smallest absolute Gasteiger partial charge is 0.323 e. The standard InChI is InChI=1S/C16H17ClN4O3/c1-10-9-14(19-24-10)18-16(23)20(2)13-7-8-21(15(13)22)12-6-4-3-5-11(12)17/h3-6,9,13H,7-8H2,1-2H3,(H,18,19,23). The Hall–Kier alpha value is -2.54. The molecule has 1 N–H and O–H groups in total. The third-order valence-corrected chi connectivity index (χ3v) is 4.29. The number of nitrogens with zero attached hydrogens (tertiary/aromatic N) is 3. The van der Waals surface area contributed by atoms with Gasteiger partial charge < -0.3 is 14.3 Å². The maximum atomic E-state index is 12.7. The highest BCUT2D eigenvalue weighted by Gasteiger charge is 2.38. The number of benzene rings is 1. The summed E-state index contributed by atoms with van der Waals surface area (Å²) in [7, 11) is 1.58. The zero-order valence-corrected chi connectivity index (χ0v) is 14.1. The van der Waals surface area contributed by atoms with Gasteiger partial charge in [-0.2, -0.15) is 0 Å². The Kier molecular flexibility index (Phi) is 4.44. The van der Waals surface area contributed by atoms with E-state index >= 15 is 0 Å². The largest absolute Gasteiger partial charge is 0.360 e. The van der Waals surface area contributed by atoms with E-state index in [1.54, 1.807) is 37.1 Å². The molecule has 126 valence electrons. The van der Waals surface area contributed by atoms with Crippen LogP contribution < -0.4 is 10.2 Å². The molecule has 3 amide bonds. The number of para-hydroxylation sites is 1. The van der Waals surface area contributed by atoms with E-state index in [0.717, 1.165) is 0 Å². The Balaban J connectivity index is 1.70. The van der Waals surface area contributed by atoms with Crippen LogP contribution in [-0.2, 0) is 4.79 Å². The molecule has 1 aromatic heterocycles. The lowest BCUT2D eigenvalue weighted by atomic mass is 10.2. The number of hydrogen-bond donors (Lipinski definition) is 1. The van der Waals surface area contributed by atoms with Crippen LogP contribution in [0.2, 0.25) is 5.02 Å². The van der Waals surface area contributed by atoms with Crippen LogP contribution in [-0.4, -0.2) is 41.6 Å². The van der Waals surface area contributed by atoms with Gasteiger partial charge in [0.2, 0.25) is 5.91 Å². The number of nitrogens with one attached hydrogen (secondary N) is 1. The van der Waals surface area contributed by atoms with Crippen molar-refractivity contribution in [2.45, 2.75) is 19.4 Å². The summed E-state index contributed by atoms with van der Waals surface area (Å²) >= 11 is 6.16. The topological polar surface area (TPSA) is 78.7 Å². The quantitative estimate of drug-likeness (QED) is 0.925. The summed E-state index contributed by atoms with van der Waals surface area (Å²) < 4.78 is 4.91. The third kappa shape index (κ3) is 3.07. The van der Waals surface area contributed by atoms with Crippen LogP contribution >= 0.6 is 11.6 Å². The van der Waals surface area contributed by atoms with Crippen molar-refractivity contribution in [1.29, 1.82) is 0 Å². The summed E-state index contributed by atoms with van der Waals surface area (Å²) in [6.45, 7) is 2.24. The fourth-order valence-electron chi connectivity index (χ4n) is 2.70. The van der Waals surface area contributed by atoms with E-state index < -0.39 is 12.1 Å². The molecule has 1 fully saturated rings. The molecule has 7 nitrogen and oxygen atoms in total. The predicted octanol–water partition coefficient (Wildman–Crippen LogP) is 2.91. The second-order valence-corrected chi connectivity index (χ2v) is 6.02. The van der Waals surface area contributed by atoms with Crippen molar-refractivity contribution >= 4 is 35.0 Å². The van der Waals surface area contributed by atoms with Crippen LogP contribution in [0, 0.1) is 6.92 Å². The first-order valence-corrected chi connectivity index (χ1v) is 7.88. The van der Waals surface area contributed by atoms with Crippen molar-refractivity contribution in [1.82, 2.24) is 10.1 Å². The maximum Gasteiger partial charge on any atom is 0.323 e. The SMILES string of the molecule is Cc1cc(NC(=O)N(C)C2CCN(c3ccccc3Cl)C2=O)no1. The molecular formula is C16H17ClN4O3. The van der Waals surface area contributed by atoms with Crippen LogP contribution in [0.15, 0.2) is 34.9 Å². The summed E-state index contributed by atoms with van der Waals surface area (Å²) in [6.07, 6.45) is 0.534. The van der Waals surface area contributed by atoms with Crippen LogP contribution in [0.25, 0.3) is 0 Å². The number of anilines is 2. The number of carbonyl (C=O) groups excluding carboxylic acids is 2. The van der Waals surface area contributed by atoms with Gasteiger partial charge in [0, 0.05) is 19.7 Å². The van der Waals surface area contributed by atoms with Gasteiger partial charge in [0.15, 0.2) is 5.82 Å². The molecule has 0 aliphatic carbocycles. The summed E-state index contributed by atoms with van der Waals surface area (Å²) in [6, 6.07) is 7.81. The van der Waals surface area contributed by atoms with E-state index in [4.69, 9.17) is 16.1 Å². The molecule has 8 heteroatoms. The number of aromatic nitrogens is 1. The molecular weight excluding hydrogens is 332 g/mol. The number of amides is 3. The molecule has 1 aromatic carbocycles. The van der Waals surface area contributed by atoms with E-state index in [1.165, 1.54) is 4.90 Å². The summed E-state index contributed by atoms with van der Waals surface area (Å²) in [5.41, 5.74) is 0.660. The van der Waals surface area contributed by atoms with Crippen molar-refractivity contribution in [2.75, 3.05) is 23.8 Å². The van der Waals surface area contributed by atoms with E-state index in [0.29, 0.717) is 35.3 Å². The van der Waals surface area contributed by atoms with Crippen molar-refractivity contribution < 1.29 is 14.1 Å². The second kappa shape index (κ2) is 6.52. The highest BCUT2D eigenvalue weighted by molar-refractivity contribution is 6.34. The fourth-order valence-corrected chi connectivity index (χ4v) is 2.94. The van der Waals surface area contributed by atoms with Crippen molar-refractivity contribution in [3.63, 3.8) is 0 Å². The number of likely N-dealkylation sites (N-methyl/N-ethyl adjacent to an activating group) is 1. The van der Waals surface area contributed by atoms with Gasteiger partial charge in [-0.15, -0.1) is 0 Å². The molecule has 0 bridgehead atoms. The molecule has 1 aliphatic heterocycles. The molecule has 1 atom stereocenters. The van der Waals surface area contributed by atoms with Gasteiger partial charge in [-0.25, -0.2) is 4.79 Å². The van der Waals surface area contributed by atoms with Gasteiger partial charge in [0.25, 0.3) is 0 Å². The van der Waals surface area contributed by atoms with E-state index in [-0.39, 0.29) is 5.91 Å². The summed E-state index contributed by atoms with van der Waals surface area (Å²) in [5, 5.41) is 6.83. The minimum atomic E-state index is -0.547. The fraction of sp³-hybridized carbons (Fsp3) is 0.312. The molecule has 24 heavy (non-hydrogen) atoms. The zero-order valence-electron chi connectivity index (χ0n) is 13.3.